The van der Waals surface area contributed by atoms with Crippen LogP contribution in [0.3, 0.4) is 0 Å². The maximum absolute atomic E-state index is 13.5. The SMILES string of the molecule is CCCC(=O)Nc1cccc(CN2C(=O)CN(CCC(=O)O)C(=O)c3cc(CCCCCCN)ccc32)c1. The molecule has 2 aromatic carbocycles. The van der Waals surface area contributed by atoms with Gasteiger partial charge in [0.1, 0.15) is 6.54 Å². The molecule has 9 heteroatoms. The number of hydrogen-bond acceptors (Lipinski definition) is 5. The van der Waals surface area contributed by atoms with Gasteiger partial charge in [0.25, 0.3) is 5.91 Å². The van der Waals surface area contributed by atoms with Gasteiger partial charge in [0, 0.05) is 18.7 Å². The van der Waals surface area contributed by atoms with Gasteiger partial charge in [-0.2, -0.15) is 0 Å². The first-order valence-corrected chi connectivity index (χ1v) is 13.4. The first kappa shape index (κ1) is 28.8. The maximum atomic E-state index is 13.5. The number of amides is 3. The second-order valence-electron chi connectivity index (χ2n) is 9.65. The van der Waals surface area contributed by atoms with Gasteiger partial charge in [-0.15, -0.1) is 0 Å². The summed E-state index contributed by atoms with van der Waals surface area (Å²) in [6, 6.07) is 12.9. The van der Waals surface area contributed by atoms with Gasteiger partial charge in [-0.05, 0) is 67.6 Å². The van der Waals surface area contributed by atoms with Gasteiger partial charge in [0.05, 0.1) is 24.2 Å². The van der Waals surface area contributed by atoms with Gasteiger partial charge < -0.3 is 26.0 Å². The van der Waals surface area contributed by atoms with Crippen LogP contribution in [-0.2, 0) is 27.3 Å². The zero-order valence-electron chi connectivity index (χ0n) is 22.1. The maximum Gasteiger partial charge on any atom is 0.305 e. The Bertz CT molecular complexity index is 1150. The molecule has 1 heterocycles. The fourth-order valence-electron chi connectivity index (χ4n) is 4.56. The van der Waals surface area contributed by atoms with Gasteiger partial charge in [-0.25, -0.2) is 0 Å². The molecule has 0 spiro atoms. The predicted molar refractivity (Wildman–Crippen MR) is 147 cm³/mol. The molecule has 0 aromatic heterocycles. The number of carboxylic acids is 1. The average Bonchev–Trinajstić information content (AvgIpc) is 2.98. The van der Waals surface area contributed by atoms with Crippen molar-refractivity contribution >= 4 is 35.1 Å². The standard InChI is InChI=1S/C29H38N4O5/c1-2-8-26(34)31-23-11-7-10-22(17-23)19-33-25-13-12-21(9-5-3-4-6-15-30)18-24(25)29(38)32(20-27(33)35)16-14-28(36)37/h7,10-13,17-18H,2-6,8-9,14-16,19-20,30H2,1H3,(H,31,34)(H,36,37). The molecular formula is C29H38N4O5. The molecule has 3 rings (SSSR count). The van der Waals surface area contributed by atoms with Crippen LogP contribution in [0.2, 0.25) is 0 Å². The van der Waals surface area contributed by atoms with Gasteiger partial charge in [0.15, 0.2) is 0 Å². The number of rotatable bonds is 14. The zero-order valence-corrected chi connectivity index (χ0v) is 22.1. The number of aryl methyl sites for hydroxylation is 1. The van der Waals surface area contributed by atoms with Crippen molar-refractivity contribution in [1.82, 2.24) is 4.90 Å². The number of nitrogens with one attached hydrogen (secondary N) is 1. The highest BCUT2D eigenvalue weighted by Crippen LogP contribution is 2.30. The zero-order chi connectivity index (χ0) is 27.5. The summed E-state index contributed by atoms with van der Waals surface area (Å²) in [6.45, 7) is 2.57. The molecule has 0 saturated carbocycles. The summed E-state index contributed by atoms with van der Waals surface area (Å²) < 4.78 is 0. The van der Waals surface area contributed by atoms with E-state index in [1.165, 1.54) is 4.90 Å². The number of carbonyl (C=O) groups excluding carboxylic acids is 3. The Labute approximate surface area is 224 Å². The van der Waals surface area contributed by atoms with Crippen LogP contribution in [-0.4, -0.2) is 53.3 Å². The Balaban J connectivity index is 1.88. The number of anilines is 2. The monoisotopic (exact) mass is 522 g/mol. The number of benzene rings is 2. The third kappa shape index (κ3) is 8.14. The molecule has 0 unspecified atom stereocenters. The molecule has 0 aliphatic carbocycles. The summed E-state index contributed by atoms with van der Waals surface area (Å²) in [6.07, 6.45) is 5.78. The third-order valence-corrected chi connectivity index (χ3v) is 6.54. The van der Waals surface area contributed by atoms with Gasteiger partial charge in [-0.1, -0.05) is 38.0 Å². The molecule has 38 heavy (non-hydrogen) atoms. The molecule has 9 nitrogen and oxygen atoms in total. The number of hydrogen-bond donors (Lipinski definition) is 3. The van der Waals surface area contributed by atoms with E-state index in [-0.39, 0.29) is 43.8 Å². The van der Waals surface area contributed by atoms with E-state index in [1.807, 2.05) is 43.3 Å². The number of carboxylic acid groups (broad SMARTS) is 1. The summed E-state index contributed by atoms with van der Waals surface area (Å²) in [4.78, 5) is 53.0. The molecule has 204 valence electrons. The van der Waals surface area contributed by atoms with Crippen LogP contribution in [0.4, 0.5) is 11.4 Å². The van der Waals surface area contributed by atoms with Crippen LogP contribution in [0.1, 0.15) is 73.4 Å². The van der Waals surface area contributed by atoms with Gasteiger partial charge in [-0.3, -0.25) is 19.2 Å². The van der Waals surface area contributed by atoms with Crippen molar-refractivity contribution in [2.24, 2.45) is 5.73 Å². The lowest BCUT2D eigenvalue weighted by molar-refractivity contribution is -0.137. The first-order valence-electron chi connectivity index (χ1n) is 13.4. The van der Waals surface area contributed by atoms with Crippen molar-refractivity contribution in [3.8, 4) is 0 Å². The van der Waals surface area contributed by atoms with Crippen molar-refractivity contribution in [3.05, 3.63) is 59.2 Å². The number of aliphatic carboxylic acids is 1. The van der Waals surface area contributed by atoms with Crippen molar-refractivity contribution < 1.29 is 24.3 Å². The highest BCUT2D eigenvalue weighted by molar-refractivity contribution is 6.09. The van der Waals surface area contributed by atoms with Crippen LogP contribution < -0.4 is 16.0 Å². The molecule has 0 saturated heterocycles. The molecule has 3 amide bonds. The molecule has 0 radical (unpaired) electrons. The van der Waals surface area contributed by atoms with E-state index in [0.717, 1.165) is 49.7 Å². The minimum absolute atomic E-state index is 0.0462. The van der Waals surface area contributed by atoms with E-state index in [4.69, 9.17) is 10.8 Å². The van der Waals surface area contributed by atoms with Crippen molar-refractivity contribution in [2.45, 2.75) is 64.8 Å². The van der Waals surface area contributed by atoms with Gasteiger partial charge in [0.2, 0.25) is 11.8 Å². The molecule has 0 bridgehead atoms. The van der Waals surface area contributed by atoms with Crippen LogP contribution >= 0.6 is 0 Å². The quantitative estimate of drug-likeness (QED) is 0.322. The normalized spacial score (nSPS) is 13.3. The van der Waals surface area contributed by atoms with Crippen molar-refractivity contribution in [2.75, 3.05) is 29.9 Å². The smallest absolute Gasteiger partial charge is 0.305 e. The van der Waals surface area contributed by atoms with Gasteiger partial charge >= 0.3 is 5.97 Å². The topological polar surface area (TPSA) is 133 Å². The van der Waals surface area contributed by atoms with Crippen molar-refractivity contribution in [1.29, 1.82) is 0 Å². The molecule has 1 aliphatic heterocycles. The minimum atomic E-state index is -1.03. The van der Waals surface area contributed by atoms with E-state index in [2.05, 4.69) is 5.32 Å². The molecule has 4 N–H and O–H groups in total. The van der Waals surface area contributed by atoms with E-state index in [9.17, 15) is 19.2 Å². The number of nitrogens with two attached hydrogens (primary N) is 1. The van der Waals surface area contributed by atoms with Crippen LogP contribution in [0.15, 0.2) is 42.5 Å². The Morgan fingerprint density at radius 3 is 2.53 bits per heavy atom. The number of unbranched alkanes of at least 4 members (excludes halogenated alkanes) is 3. The molecule has 0 fully saturated rings. The van der Waals surface area contributed by atoms with Crippen LogP contribution in [0.5, 0.6) is 0 Å². The number of carbonyl (C=O) groups is 4. The van der Waals surface area contributed by atoms with Crippen LogP contribution in [0.25, 0.3) is 0 Å². The van der Waals surface area contributed by atoms with Crippen molar-refractivity contribution in [3.63, 3.8) is 0 Å². The first-order chi connectivity index (χ1) is 18.3. The Hall–Kier alpha value is -3.72. The summed E-state index contributed by atoms with van der Waals surface area (Å²) in [5, 5.41) is 12.0. The molecular weight excluding hydrogens is 484 g/mol. The second kappa shape index (κ2) is 14.3. The Kier molecular flexibility index (Phi) is 10.8. The molecule has 1 aliphatic rings. The number of fused-ring (bicyclic) bond motifs is 1. The predicted octanol–water partition coefficient (Wildman–Crippen LogP) is 3.95. The highest BCUT2D eigenvalue weighted by atomic mass is 16.4. The van der Waals surface area contributed by atoms with Crippen LogP contribution in [0, 0.1) is 0 Å². The summed E-state index contributed by atoms with van der Waals surface area (Å²) in [7, 11) is 0. The second-order valence-corrected chi connectivity index (χ2v) is 9.65. The minimum Gasteiger partial charge on any atom is -0.481 e. The lowest BCUT2D eigenvalue weighted by Crippen LogP contribution is -2.40. The van der Waals surface area contributed by atoms with E-state index >= 15 is 0 Å². The highest BCUT2D eigenvalue weighted by Gasteiger charge is 2.32. The van der Waals surface area contributed by atoms with E-state index in [0.29, 0.717) is 29.9 Å². The Morgan fingerprint density at radius 2 is 1.79 bits per heavy atom. The fourth-order valence-corrected chi connectivity index (χ4v) is 4.56. The summed E-state index contributed by atoms with van der Waals surface area (Å²) in [5.74, 6) is -1.74. The largest absolute Gasteiger partial charge is 0.481 e. The van der Waals surface area contributed by atoms with E-state index < -0.39 is 5.97 Å². The fraction of sp³-hybridized carbons (Fsp3) is 0.448. The van der Waals surface area contributed by atoms with E-state index in [1.54, 1.807) is 11.0 Å². The molecule has 2 aromatic rings. The summed E-state index contributed by atoms with van der Waals surface area (Å²) in [5.41, 5.74) is 8.92. The third-order valence-electron chi connectivity index (χ3n) is 6.54. The average molecular weight is 523 g/mol. The Morgan fingerprint density at radius 1 is 1.00 bits per heavy atom. The number of nitrogens with zero attached hydrogens (tertiary/aromatic N) is 2. The molecule has 0 atom stereocenters. The summed E-state index contributed by atoms with van der Waals surface area (Å²) >= 11 is 0. The lowest BCUT2D eigenvalue weighted by atomic mass is 10.0. The lowest BCUT2D eigenvalue weighted by Gasteiger charge is -2.23.